The zero-order valence-corrected chi connectivity index (χ0v) is 12.7. The van der Waals surface area contributed by atoms with Gasteiger partial charge in [-0.3, -0.25) is 5.10 Å². The molecule has 2 aromatic heterocycles. The first-order chi connectivity index (χ1) is 10.7. The number of nitrogens with one attached hydrogen (secondary N) is 2. The van der Waals surface area contributed by atoms with Gasteiger partial charge in [-0.15, -0.1) is 0 Å². The average molecular weight is 307 g/mol. The summed E-state index contributed by atoms with van der Waals surface area (Å²) in [5.41, 5.74) is 3.27. The van der Waals surface area contributed by atoms with Gasteiger partial charge in [-0.2, -0.15) is 14.9 Å². The zero-order valence-electron chi connectivity index (χ0n) is 11.9. The average Bonchev–Trinajstić information content (AvgIpc) is 3.06. The largest absolute Gasteiger partial charge is 0.355 e. The summed E-state index contributed by atoms with van der Waals surface area (Å²) >= 11 is 5.14. The minimum absolute atomic E-state index is 0.488. The highest BCUT2D eigenvalue weighted by Crippen LogP contribution is 2.25. The van der Waals surface area contributed by atoms with Gasteiger partial charge in [-0.05, 0) is 42.9 Å². The fourth-order valence-electron chi connectivity index (χ4n) is 2.58. The van der Waals surface area contributed by atoms with E-state index in [2.05, 4.69) is 44.5 Å². The van der Waals surface area contributed by atoms with Crippen LogP contribution in [-0.2, 0) is 0 Å². The Kier molecular flexibility index (Phi) is 2.90. The van der Waals surface area contributed by atoms with Crippen LogP contribution in [0.15, 0.2) is 47.6 Å². The van der Waals surface area contributed by atoms with Gasteiger partial charge in [-0.25, -0.2) is 0 Å². The fourth-order valence-corrected chi connectivity index (χ4v) is 2.80. The number of nitrogens with zero attached hydrogens (tertiary/aromatic N) is 3. The molecule has 2 N–H and O–H groups in total. The van der Waals surface area contributed by atoms with Crippen LogP contribution in [-0.4, -0.2) is 26.1 Å². The summed E-state index contributed by atoms with van der Waals surface area (Å²) in [6, 6.07) is 14.5. The summed E-state index contributed by atoms with van der Waals surface area (Å²) in [4.78, 5) is 3.41. The van der Waals surface area contributed by atoms with Gasteiger partial charge in [0.15, 0.2) is 0 Å². The number of rotatable bonds is 2. The maximum absolute atomic E-state index is 5.14. The lowest BCUT2D eigenvalue weighted by molar-refractivity contribution is 0.821. The Balaban J connectivity index is 1.82. The third-order valence-corrected chi connectivity index (χ3v) is 3.93. The van der Waals surface area contributed by atoms with Crippen molar-refractivity contribution in [2.45, 2.75) is 6.92 Å². The molecule has 108 valence electrons. The van der Waals surface area contributed by atoms with Gasteiger partial charge in [0.2, 0.25) is 4.77 Å². The smallest absolute Gasteiger partial charge is 0.216 e. The molecule has 0 spiro atoms. The van der Waals surface area contributed by atoms with Gasteiger partial charge in [0.25, 0.3) is 0 Å². The van der Waals surface area contributed by atoms with E-state index in [0.29, 0.717) is 4.77 Å². The van der Waals surface area contributed by atoms with E-state index in [0.717, 1.165) is 22.4 Å². The molecule has 0 aliphatic rings. The van der Waals surface area contributed by atoms with Gasteiger partial charge in [0.05, 0.1) is 6.21 Å². The molecule has 22 heavy (non-hydrogen) atoms. The third-order valence-electron chi connectivity index (χ3n) is 3.66. The molecule has 4 aromatic rings. The Labute approximate surface area is 131 Å². The second-order valence-electron chi connectivity index (χ2n) is 5.11. The monoisotopic (exact) mass is 307 g/mol. The number of aromatic nitrogens is 4. The van der Waals surface area contributed by atoms with Crippen molar-refractivity contribution in [3.63, 3.8) is 0 Å². The van der Waals surface area contributed by atoms with Crippen molar-refractivity contribution < 1.29 is 0 Å². The number of aryl methyl sites for hydroxylation is 1. The molecular formula is C16H13N5S. The minimum atomic E-state index is 0.488. The molecule has 0 saturated heterocycles. The lowest BCUT2D eigenvalue weighted by Gasteiger charge is -1.97. The predicted octanol–water partition coefficient (Wildman–Crippen LogP) is 3.77. The molecule has 0 radical (unpaired) electrons. The van der Waals surface area contributed by atoms with Crippen molar-refractivity contribution >= 4 is 40.2 Å². The first-order valence-corrected chi connectivity index (χ1v) is 7.32. The molecule has 2 heterocycles. The highest BCUT2D eigenvalue weighted by atomic mass is 32.1. The number of H-pyrrole nitrogens is 2. The summed E-state index contributed by atoms with van der Waals surface area (Å²) in [6.45, 7) is 1.85. The second-order valence-corrected chi connectivity index (χ2v) is 5.49. The van der Waals surface area contributed by atoms with E-state index >= 15 is 0 Å². The number of aromatic amines is 2. The zero-order chi connectivity index (χ0) is 15.1. The van der Waals surface area contributed by atoms with Crippen molar-refractivity contribution in [1.29, 1.82) is 0 Å². The van der Waals surface area contributed by atoms with Crippen LogP contribution in [0.2, 0.25) is 0 Å². The number of para-hydroxylation sites is 1. The van der Waals surface area contributed by atoms with Gasteiger partial charge in [0.1, 0.15) is 5.82 Å². The van der Waals surface area contributed by atoms with Crippen LogP contribution < -0.4 is 0 Å². The highest BCUT2D eigenvalue weighted by molar-refractivity contribution is 7.71. The molecule has 0 bridgehead atoms. The van der Waals surface area contributed by atoms with E-state index in [1.165, 1.54) is 10.8 Å². The van der Waals surface area contributed by atoms with Crippen LogP contribution in [0.1, 0.15) is 11.4 Å². The van der Waals surface area contributed by atoms with Crippen LogP contribution in [0.5, 0.6) is 0 Å². The van der Waals surface area contributed by atoms with E-state index in [9.17, 15) is 0 Å². The molecule has 0 aliphatic heterocycles. The van der Waals surface area contributed by atoms with E-state index < -0.39 is 0 Å². The maximum Gasteiger partial charge on any atom is 0.216 e. The van der Waals surface area contributed by atoms with Crippen LogP contribution in [0.3, 0.4) is 0 Å². The molecule has 0 aliphatic carbocycles. The first-order valence-electron chi connectivity index (χ1n) is 6.91. The molecule has 4 rings (SSSR count). The van der Waals surface area contributed by atoms with Crippen LogP contribution in [0, 0.1) is 11.7 Å². The molecule has 0 amide bonds. The summed E-state index contributed by atoms with van der Waals surface area (Å²) in [6.07, 6.45) is 1.79. The van der Waals surface area contributed by atoms with Crippen molar-refractivity contribution in [3.05, 3.63) is 58.6 Å². The summed E-state index contributed by atoms with van der Waals surface area (Å²) in [7, 11) is 0. The summed E-state index contributed by atoms with van der Waals surface area (Å²) < 4.78 is 2.09. The van der Waals surface area contributed by atoms with E-state index in [4.69, 9.17) is 12.2 Å². The number of hydrogen-bond donors (Lipinski definition) is 2. The van der Waals surface area contributed by atoms with Gasteiger partial charge < -0.3 is 4.98 Å². The van der Waals surface area contributed by atoms with Crippen LogP contribution in [0.4, 0.5) is 0 Å². The SMILES string of the molecule is Cc1n[nH]c(=S)n1/N=C\c1ccc2[nH]c3ccccc3c2c1. The molecule has 2 aromatic carbocycles. The van der Waals surface area contributed by atoms with E-state index in [-0.39, 0.29) is 0 Å². The molecule has 0 fully saturated rings. The topological polar surface area (TPSA) is 61.8 Å². The number of benzene rings is 2. The lowest BCUT2D eigenvalue weighted by atomic mass is 10.1. The Morgan fingerprint density at radius 3 is 2.77 bits per heavy atom. The summed E-state index contributed by atoms with van der Waals surface area (Å²) in [5.74, 6) is 0.731. The maximum atomic E-state index is 5.14. The minimum Gasteiger partial charge on any atom is -0.355 e. The van der Waals surface area contributed by atoms with Crippen molar-refractivity contribution in [2.75, 3.05) is 0 Å². The number of fused-ring (bicyclic) bond motifs is 3. The lowest BCUT2D eigenvalue weighted by Crippen LogP contribution is -1.93. The van der Waals surface area contributed by atoms with Gasteiger partial charge >= 0.3 is 0 Å². The Morgan fingerprint density at radius 1 is 1.14 bits per heavy atom. The molecule has 6 heteroatoms. The highest BCUT2D eigenvalue weighted by Gasteiger charge is 2.04. The normalized spacial score (nSPS) is 11.9. The first kappa shape index (κ1) is 13.0. The van der Waals surface area contributed by atoms with Crippen LogP contribution >= 0.6 is 12.2 Å². The standard InChI is InChI=1S/C16H13N5S/c1-10-19-20-16(22)21(10)17-9-11-6-7-15-13(8-11)12-4-2-3-5-14(12)18-15/h2-9,18H,1H3,(H,20,22)/b17-9-. The molecular weight excluding hydrogens is 294 g/mol. The van der Waals surface area contributed by atoms with E-state index in [1.807, 2.05) is 25.1 Å². The van der Waals surface area contributed by atoms with Gasteiger partial charge in [-0.1, -0.05) is 24.3 Å². The third kappa shape index (κ3) is 2.05. The quantitative estimate of drug-likeness (QED) is 0.437. The van der Waals surface area contributed by atoms with Gasteiger partial charge in [0, 0.05) is 21.8 Å². The second kappa shape index (κ2) is 4.92. The molecule has 0 atom stereocenters. The predicted molar refractivity (Wildman–Crippen MR) is 90.9 cm³/mol. The Morgan fingerprint density at radius 2 is 1.95 bits per heavy atom. The molecule has 0 saturated carbocycles. The van der Waals surface area contributed by atoms with Crippen molar-refractivity contribution in [3.8, 4) is 0 Å². The Hall–Kier alpha value is -2.73. The van der Waals surface area contributed by atoms with Crippen LogP contribution in [0.25, 0.3) is 21.8 Å². The Bertz CT molecular complexity index is 1070. The molecule has 0 unspecified atom stereocenters. The van der Waals surface area contributed by atoms with Crippen molar-refractivity contribution in [2.24, 2.45) is 5.10 Å². The number of hydrogen-bond acceptors (Lipinski definition) is 3. The van der Waals surface area contributed by atoms with Crippen molar-refractivity contribution in [1.82, 2.24) is 19.9 Å². The fraction of sp³-hybridized carbons (Fsp3) is 0.0625. The molecule has 5 nitrogen and oxygen atoms in total. The summed E-state index contributed by atoms with van der Waals surface area (Å²) in [5, 5.41) is 13.5. The van der Waals surface area contributed by atoms with E-state index in [1.54, 1.807) is 10.9 Å².